The predicted octanol–water partition coefficient (Wildman–Crippen LogP) is 0.876. The highest BCUT2D eigenvalue weighted by Crippen LogP contribution is 2.23. The molecule has 5 nitrogen and oxygen atoms in total. The largest absolute Gasteiger partial charge is 0.383 e. The Morgan fingerprint density at radius 3 is 3.11 bits per heavy atom. The quantitative estimate of drug-likeness (QED) is 0.793. The number of aromatic amines is 1. The zero-order valence-electron chi connectivity index (χ0n) is 11.4. The highest BCUT2D eigenvalue weighted by Gasteiger charge is 2.19. The number of nitrogens with one attached hydrogen (secondary N) is 2. The Labute approximate surface area is 112 Å². The third-order valence-corrected chi connectivity index (χ3v) is 3.51. The first kappa shape index (κ1) is 13.8. The van der Waals surface area contributed by atoms with Gasteiger partial charge >= 0.3 is 0 Å². The number of rotatable bonds is 4. The van der Waals surface area contributed by atoms with Crippen molar-refractivity contribution in [2.75, 3.05) is 20.3 Å². The number of H-pyrrole nitrogens is 1. The van der Waals surface area contributed by atoms with Crippen LogP contribution in [0.5, 0.6) is 0 Å². The molecule has 0 bridgehead atoms. The molecule has 0 saturated heterocycles. The molecule has 1 amide bonds. The first-order valence-corrected chi connectivity index (χ1v) is 6.64. The first-order valence-electron chi connectivity index (χ1n) is 6.64. The lowest BCUT2D eigenvalue weighted by atomic mass is 9.87. The second-order valence-corrected chi connectivity index (χ2v) is 5.11. The van der Waals surface area contributed by atoms with Crippen LogP contribution in [0.4, 0.5) is 0 Å². The monoisotopic (exact) mass is 264 g/mol. The lowest BCUT2D eigenvalue weighted by molar-refractivity contribution is 0.0935. The molecule has 0 saturated carbocycles. The number of carbonyl (C=O) groups excluding carboxylic acids is 1. The molecule has 1 heterocycles. The van der Waals surface area contributed by atoms with Crippen molar-refractivity contribution in [2.24, 2.45) is 5.92 Å². The van der Waals surface area contributed by atoms with E-state index in [-0.39, 0.29) is 17.0 Å². The molecule has 1 aromatic rings. The van der Waals surface area contributed by atoms with Gasteiger partial charge in [-0.1, -0.05) is 6.92 Å². The maximum atomic E-state index is 11.9. The van der Waals surface area contributed by atoms with Crippen molar-refractivity contribution in [3.63, 3.8) is 0 Å². The van der Waals surface area contributed by atoms with E-state index in [1.54, 1.807) is 13.2 Å². The minimum Gasteiger partial charge on any atom is -0.383 e. The van der Waals surface area contributed by atoms with E-state index in [0.29, 0.717) is 19.1 Å². The zero-order valence-corrected chi connectivity index (χ0v) is 11.4. The van der Waals surface area contributed by atoms with Crippen molar-refractivity contribution >= 4 is 5.91 Å². The number of fused-ring (bicyclic) bond motifs is 1. The molecule has 0 spiro atoms. The lowest BCUT2D eigenvalue weighted by Crippen LogP contribution is -2.33. The van der Waals surface area contributed by atoms with Crippen LogP contribution in [-0.2, 0) is 17.6 Å². The molecule has 2 N–H and O–H groups in total. The molecular formula is C14H20N2O3. The number of aromatic nitrogens is 1. The van der Waals surface area contributed by atoms with Crippen LogP contribution in [0.2, 0.25) is 0 Å². The Kier molecular flexibility index (Phi) is 4.37. The summed E-state index contributed by atoms with van der Waals surface area (Å²) in [6.07, 6.45) is 2.89. The molecule has 1 aromatic heterocycles. The van der Waals surface area contributed by atoms with Crippen molar-refractivity contribution < 1.29 is 9.53 Å². The Balaban J connectivity index is 2.19. The molecule has 0 aliphatic heterocycles. The van der Waals surface area contributed by atoms with Gasteiger partial charge in [-0.15, -0.1) is 0 Å². The van der Waals surface area contributed by atoms with Gasteiger partial charge in [-0.25, -0.2) is 0 Å². The van der Waals surface area contributed by atoms with Gasteiger partial charge in [0.1, 0.15) is 5.56 Å². The summed E-state index contributed by atoms with van der Waals surface area (Å²) in [5.74, 6) is 0.266. The predicted molar refractivity (Wildman–Crippen MR) is 72.5 cm³/mol. The summed E-state index contributed by atoms with van der Waals surface area (Å²) in [6.45, 7) is 3.03. The molecule has 0 fully saturated rings. The summed E-state index contributed by atoms with van der Waals surface area (Å²) in [5, 5.41) is 2.67. The summed E-state index contributed by atoms with van der Waals surface area (Å²) in [6, 6.07) is 1.74. The molecule has 19 heavy (non-hydrogen) atoms. The van der Waals surface area contributed by atoms with E-state index in [9.17, 15) is 9.59 Å². The topological polar surface area (TPSA) is 71.2 Å². The number of aryl methyl sites for hydroxylation is 1. The highest BCUT2D eigenvalue weighted by molar-refractivity contribution is 5.94. The van der Waals surface area contributed by atoms with Gasteiger partial charge in [0.25, 0.3) is 11.5 Å². The maximum absolute atomic E-state index is 11.9. The van der Waals surface area contributed by atoms with E-state index in [4.69, 9.17) is 4.74 Å². The number of carbonyl (C=O) groups is 1. The van der Waals surface area contributed by atoms with E-state index in [1.165, 1.54) is 0 Å². The molecule has 104 valence electrons. The molecule has 0 unspecified atom stereocenters. The van der Waals surface area contributed by atoms with Crippen molar-refractivity contribution in [1.29, 1.82) is 0 Å². The Hall–Kier alpha value is -1.62. The molecular weight excluding hydrogens is 244 g/mol. The SMILES string of the molecule is COCCNC(=O)c1cc2c([nH]c1=O)CC[C@H](C)C2. The smallest absolute Gasteiger partial charge is 0.261 e. The number of amides is 1. The second-order valence-electron chi connectivity index (χ2n) is 5.11. The molecule has 5 heteroatoms. The van der Waals surface area contributed by atoms with Crippen LogP contribution in [0.15, 0.2) is 10.9 Å². The zero-order chi connectivity index (χ0) is 13.8. The highest BCUT2D eigenvalue weighted by atomic mass is 16.5. The maximum Gasteiger partial charge on any atom is 0.261 e. The van der Waals surface area contributed by atoms with Crippen LogP contribution in [0.1, 0.15) is 35.0 Å². The second kappa shape index (κ2) is 6.02. The molecule has 0 radical (unpaired) electrons. The Morgan fingerprint density at radius 2 is 2.37 bits per heavy atom. The number of pyridine rings is 1. The average molecular weight is 264 g/mol. The molecule has 1 atom stereocenters. The number of hydrogen-bond donors (Lipinski definition) is 2. The van der Waals surface area contributed by atoms with Gasteiger partial charge in [-0.05, 0) is 36.8 Å². The minimum absolute atomic E-state index is 0.198. The van der Waals surface area contributed by atoms with Crippen molar-refractivity contribution in [2.45, 2.75) is 26.2 Å². The average Bonchev–Trinajstić information content (AvgIpc) is 2.38. The third-order valence-electron chi connectivity index (χ3n) is 3.51. The summed E-state index contributed by atoms with van der Waals surface area (Å²) in [5.41, 5.74) is 1.97. The van der Waals surface area contributed by atoms with Crippen molar-refractivity contribution in [3.8, 4) is 0 Å². The van der Waals surface area contributed by atoms with Gasteiger partial charge in [0.05, 0.1) is 6.61 Å². The lowest BCUT2D eigenvalue weighted by Gasteiger charge is -2.21. The van der Waals surface area contributed by atoms with Crippen LogP contribution in [0, 0.1) is 5.92 Å². The van der Waals surface area contributed by atoms with Crippen LogP contribution < -0.4 is 10.9 Å². The summed E-state index contributed by atoms with van der Waals surface area (Å²) < 4.78 is 4.86. The molecule has 1 aliphatic carbocycles. The Bertz CT molecular complexity index is 522. The molecule has 1 aliphatic rings. The Morgan fingerprint density at radius 1 is 1.58 bits per heavy atom. The van der Waals surface area contributed by atoms with E-state index in [0.717, 1.165) is 30.5 Å². The summed E-state index contributed by atoms with van der Waals surface area (Å²) >= 11 is 0. The van der Waals surface area contributed by atoms with Gasteiger partial charge in [-0.3, -0.25) is 9.59 Å². The number of ether oxygens (including phenoxy) is 1. The van der Waals surface area contributed by atoms with E-state index >= 15 is 0 Å². The van der Waals surface area contributed by atoms with E-state index in [1.807, 2.05) is 0 Å². The van der Waals surface area contributed by atoms with Crippen LogP contribution in [0.25, 0.3) is 0 Å². The fourth-order valence-electron chi connectivity index (χ4n) is 2.42. The van der Waals surface area contributed by atoms with Crippen LogP contribution in [0.3, 0.4) is 0 Å². The molecule has 2 rings (SSSR count). The summed E-state index contributed by atoms with van der Waals surface area (Å²) in [7, 11) is 1.57. The van der Waals surface area contributed by atoms with Gasteiger partial charge in [0, 0.05) is 19.3 Å². The number of hydrogen-bond acceptors (Lipinski definition) is 3. The van der Waals surface area contributed by atoms with Crippen molar-refractivity contribution in [1.82, 2.24) is 10.3 Å². The van der Waals surface area contributed by atoms with Gasteiger partial charge < -0.3 is 15.0 Å². The normalized spacial score (nSPS) is 17.9. The first-order chi connectivity index (χ1) is 9.11. The van der Waals surface area contributed by atoms with Crippen LogP contribution in [-0.4, -0.2) is 31.2 Å². The minimum atomic E-state index is -0.334. The van der Waals surface area contributed by atoms with E-state index in [2.05, 4.69) is 17.2 Å². The van der Waals surface area contributed by atoms with Gasteiger partial charge in [-0.2, -0.15) is 0 Å². The van der Waals surface area contributed by atoms with Gasteiger partial charge in [0.2, 0.25) is 0 Å². The van der Waals surface area contributed by atoms with Crippen molar-refractivity contribution in [3.05, 3.63) is 33.2 Å². The fraction of sp³-hybridized carbons (Fsp3) is 0.571. The standard InChI is InChI=1S/C14H20N2O3/c1-9-3-4-12-10(7-9)8-11(14(18)16-12)13(17)15-5-6-19-2/h8-9H,3-7H2,1-2H3,(H,15,17)(H,16,18)/t9-/m0/s1. The summed E-state index contributed by atoms with van der Waals surface area (Å²) in [4.78, 5) is 26.7. The van der Waals surface area contributed by atoms with Crippen LogP contribution >= 0.6 is 0 Å². The van der Waals surface area contributed by atoms with Gasteiger partial charge in [0.15, 0.2) is 0 Å². The molecule has 0 aromatic carbocycles. The fourth-order valence-corrected chi connectivity index (χ4v) is 2.42. The van der Waals surface area contributed by atoms with E-state index < -0.39 is 0 Å². The number of methoxy groups -OCH3 is 1. The third kappa shape index (κ3) is 3.23.